The summed E-state index contributed by atoms with van der Waals surface area (Å²) in [6, 6.07) is 13.0. The van der Waals surface area contributed by atoms with Crippen LogP contribution in [0.4, 0.5) is 5.69 Å². The van der Waals surface area contributed by atoms with Gasteiger partial charge in [-0.05, 0) is 93.8 Å². The Labute approximate surface area is 163 Å². The lowest BCUT2D eigenvalue weighted by molar-refractivity contribution is 0.0677. The second kappa shape index (κ2) is 8.31. The Balaban J connectivity index is 1.62. The molecule has 24 heavy (non-hydrogen) atoms. The molecular weight excluding hydrogens is 485 g/mol. The third-order valence-corrected chi connectivity index (χ3v) is 5.08. The fraction of sp³-hybridized carbons (Fsp3) is 0.278. The van der Waals surface area contributed by atoms with E-state index in [0.29, 0.717) is 12.2 Å². The standard InChI is InChI=1S/C18H17BrINO3/c19-16-10-12(18(22)21-14-6-4-13(20)5-7-14)3-8-17(16)24-11-15-2-1-9-23-15/h3-8,10,15H,1-2,9,11H2,(H,21,22). The van der Waals surface area contributed by atoms with Crippen LogP contribution in [0.25, 0.3) is 0 Å². The molecule has 0 radical (unpaired) electrons. The fourth-order valence-electron chi connectivity index (χ4n) is 2.45. The van der Waals surface area contributed by atoms with Crippen LogP contribution in [-0.4, -0.2) is 25.2 Å². The van der Waals surface area contributed by atoms with Crippen LogP contribution in [0.3, 0.4) is 0 Å². The zero-order valence-corrected chi connectivity index (χ0v) is 16.7. The van der Waals surface area contributed by atoms with Gasteiger partial charge in [0.05, 0.1) is 10.6 Å². The molecule has 2 aromatic rings. The molecule has 1 atom stereocenters. The van der Waals surface area contributed by atoms with Crippen LogP contribution in [0.5, 0.6) is 5.75 Å². The van der Waals surface area contributed by atoms with Gasteiger partial charge in [0.15, 0.2) is 0 Å². The highest BCUT2D eigenvalue weighted by Gasteiger charge is 2.17. The molecule has 1 fully saturated rings. The van der Waals surface area contributed by atoms with Crippen LogP contribution in [0.15, 0.2) is 46.9 Å². The van der Waals surface area contributed by atoms with Gasteiger partial charge < -0.3 is 14.8 Å². The molecule has 0 saturated carbocycles. The van der Waals surface area contributed by atoms with E-state index in [-0.39, 0.29) is 12.0 Å². The largest absolute Gasteiger partial charge is 0.490 e. The summed E-state index contributed by atoms with van der Waals surface area (Å²) in [5, 5.41) is 2.88. The Bertz CT molecular complexity index is 715. The summed E-state index contributed by atoms with van der Waals surface area (Å²) < 4.78 is 13.2. The van der Waals surface area contributed by atoms with Gasteiger partial charge in [-0.15, -0.1) is 0 Å². The van der Waals surface area contributed by atoms with Crippen LogP contribution in [0.2, 0.25) is 0 Å². The van der Waals surface area contributed by atoms with Crippen LogP contribution in [0.1, 0.15) is 23.2 Å². The lowest BCUT2D eigenvalue weighted by Crippen LogP contribution is -2.16. The van der Waals surface area contributed by atoms with Gasteiger partial charge in [0.1, 0.15) is 12.4 Å². The summed E-state index contributed by atoms with van der Waals surface area (Å²) in [6.07, 6.45) is 2.29. The highest BCUT2D eigenvalue weighted by atomic mass is 127. The second-order valence-corrected chi connectivity index (χ2v) is 7.65. The number of carbonyl (C=O) groups is 1. The van der Waals surface area contributed by atoms with Gasteiger partial charge in [-0.2, -0.15) is 0 Å². The molecule has 0 bridgehead atoms. The number of halogens is 2. The number of hydrogen-bond acceptors (Lipinski definition) is 3. The molecule has 0 aliphatic carbocycles. The quantitative estimate of drug-likeness (QED) is 0.595. The van der Waals surface area contributed by atoms with Gasteiger partial charge in [0.2, 0.25) is 0 Å². The molecule has 126 valence electrons. The van der Waals surface area contributed by atoms with Gasteiger partial charge in [-0.25, -0.2) is 0 Å². The molecule has 1 unspecified atom stereocenters. The number of hydrogen-bond donors (Lipinski definition) is 1. The molecule has 3 rings (SSSR count). The maximum atomic E-state index is 12.3. The van der Waals surface area contributed by atoms with Crippen LogP contribution in [-0.2, 0) is 4.74 Å². The van der Waals surface area contributed by atoms with Crippen molar-refractivity contribution >= 4 is 50.1 Å². The lowest BCUT2D eigenvalue weighted by Gasteiger charge is -2.13. The number of anilines is 1. The van der Waals surface area contributed by atoms with Gasteiger partial charge in [0, 0.05) is 21.4 Å². The second-order valence-electron chi connectivity index (χ2n) is 5.55. The molecular formula is C18H17BrINO3. The monoisotopic (exact) mass is 501 g/mol. The average Bonchev–Trinajstić information content (AvgIpc) is 3.09. The minimum atomic E-state index is -0.150. The van der Waals surface area contributed by atoms with Gasteiger partial charge in [-0.1, -0.05) is 0 Å². The van der Waals surface area contributed by atoms with Crippen molar-refractivity contribution in [3.63, 3.8) is 0 Å². The minimum absolute atomic E-state index is 0.150. The zero-order chi connectivity index (χ0) is 16.9. The van der Waals surface area contributed by atoms with E-state index in [1.165, 1.54) is 0 Å². The highest BCUT2D eigenvalue weighted by Crippen LogP contribution is 2.27. The van der Waals surface area contributed by atoms with Crippen molar-refractivity contribution in [3.05, 3.63) is 56.1 Å². The number of rotatable bonds is 5. The Hall–Kier alpha value is -1.12. The average molecular weight is 502 g/mol. The van der Waals surface area contributed by atoms with E-state index < -0.39 is 0 Å². The topological polar surface area (TPSA) is 47.6 Å². The number of benzene rings is 2. The molecule has 1 amide bonds. The first-order chi connectivity index (χ1) is 11.6. The first kappa shape index (κ1) is 17.7. The van der Waals surface area contributed by atoms with Crippen molar-refractivity contribution in [2.45, 2.75) is 18.9 Å². The predicted octanol–water partition coefficient (Wildman–Crippen LogP) is 4.86. The lowest BCUT2D eigenvalue weighted by atomic mass is 10.2. The molecule has 0 aromatic heterocycles. The Morgan fingerprint density at radius 3 is 2.75 bits per heavy atom. The van der Waals surface area contributed by atoms with Gasteiger partial charge in [0.25, 0.3) is 5.91 Å². The number of ether oxygens (including phenoxy) is 2. The molecule has 1 N–H and O–H groups in total. The molecule has 6 heteroatoms. The first-order valence-electron chi connectivity index (χ1n) is 7.73. The third-order valence-electron chi connectivity index (χ3n) is 3.74. The van der Waals surface area contributed by atoms with E-state index in [2.05, 4.69) is 43.8 Å². The van der Waals surface area contributed by atoms with Crippen LogP contribution >= 0.6 is 38.5 Å². The molecule has 2 aromatic carbocycles. The predicted molar refractivity (Wildman–Crippen MR) is 106 cm³/mol. The molecule has 1 heterocycles. The van der Waals surface area contributed by atoms with E-state index in [0.717, 1.165) is 38.9 Å². The normalized spacial score (nSPS) is 16.8. The summed E-state index contributed by atoms with van der Waals surface area (Å²) in [7, 11) is 0. The smallest absolute Gasteiger partial charge is 0.255 e. The van der Waals surface area contributed by atoms with Crippen LogP contribution in [0, 0.1) is 3.57 Å². The molecule has 1 saturated heterocycles. The number of carbonyl (C=O) groups excluding carboxylic acids is 1. The summed E-state index contributed by atoms with van der Waals surface area (Å²) in [6.45, 7) is 1.35. The number of nitrogens with one attached hydrogen (secondary N) is 1. The first-order valence-corrected chi connectivity index (χ1v) is 9.60. The van der Waals surface area contributed by atoms with Crippen molar-refractivity contribution < 1.29 is 14.3 Å². The Kier molecular flexibility index (Phi) is 6.13. The van der Waals surface area contributed by atoms with Crippen molar-refractivity contribution in [2.75, 3.05) is 18.5 Å². The minimum Gasteiger partial charge on any atom is -0.490 e. The van der Waals surface area contributed by atoms with E-state index in [9.17, 15) is 4.79 Å². The van der Waals surface area contributed by atoms with Crippen LogP contribution < -0.4 is 10.1 Å². The Morgan fingerprint density at radius 2 is 2.08 bits per heavy atom. The maximum Gasteiger partial charge on any atom is 0.255 e. The molecule has 1 aliphatic rings. The van der Waals surface area contributed by atoms with E-state index in [1.807, 2.05) is 30.3 Å². The summed E-state index contributed by atoms with van der Waals surface area (Å²) >= 11 is 5.70. The van der Waals surface area contributed by atoms with E-state index in [4.69, 9.17) is 9.47 Å². The fourth-order valence-corrected chi connectivity index (χ4v) is 3.31. The third kappa shape index (κ3) is 4.70. The van der Waals surface area contributed by atoms with Gasteiger partial charge in [-0.3, -0.25) is 4.79 Å². The highest BCUT2D eigenvalue weighted by molar-refractivity contribution is 14.1. The Morgan fingerprint density at radius 1 is 1.29 bits per heavy atom. The number of amides is 1. The molecule has 4 nitrogen and oxygen atoms in total. The maximum absolute atomic E-state index is 12.3. The van der Waals surface area contributed by atoms with E-state index in [1.54, 1.807) is 12.1 Å². The van der Waals surface area contributed by atoms with E-state index >= 15 is 0 Å². The zero-order valence-electron chi connectivity index (χ0n) is 12.9. The molecule has 0 spiro atoms. The van der Waals surface area contributed by atoms with Crippen molar-refractivity contribution in [1.82, 2.24) is 0 Å². The van der Waals surface area contributed by atoms with Crippen molar-refractivity contribution in [3.8, 4) is 5.75 Å². The summed E-state index contributed by atoms with van der Waals surface area (Å²) in [5.41, 5.74) is 1.35. The summed E-state index contributed by atoms with van der Waals surface area (Å²) in [4.78, 5) is 12.3. The van der Waals surface area contributed by atoms with Crippen molar-refractivity contribution in [1.29, 1.82) is 0 Å². The summed E-state index contributed by atoms with van der Waals surface area (Å²) in [5.74, 6) is 0.568. The van der Waals surface area contributed by atoms with Gasteiger partial charge >= 0.3 is 0 Å². The SMILES string of the molecule is O=C(Nc1ccc(I)cc1)c1ccc(OCC2CCCO2)c(Br)c1. The van der Waals surface area contributed by atoms with Crippen molar-refractivity contribution in [2.24, 2.45) is 0 Å². The molecule has 1 aliphatic heterocycles.